The average Bonchev–Trinajstić information content (AvgIpc) is 2.87. The van der Waals surface area contributed by atoms with Crippen LogP contribution in [0.4, 0.5) is 23.2 Å². The lowest BCUT2D eigenvalue weighted by molar-refractivity contribution is -0.141. The van der Waals surface area contributed by atoms with Crippen molar-refractivity contribution in [3.05, 3.63) is 71.7 Å². The van der Waals surface area contributed by atoms with Gasteiger partial charge in [-0.15, -0.1) is 0 Å². The second-order valence-corrected chi connectivity index (χ2v) is 8.18. The Balaban J connectivity index is 1.36. The molecule has 0 spiro atoms. The Morgan fingerprint density at radius 1 is 1.00 bits per heavy atom. The Hall–Kier alpha value is -4.09. The third-order valence-corrected chi connectivity index (χ3v) is 5.75. The minimum atomic E-state index is -4.66. The highest BCUT2D eigenvalue weighted by atomic mass is 19.4. The number of amides is 2. The lowest BCUT2D eigenvalue weighted by Crippen LogP contribution is -2.48. The molecule has 0 aromatic carbocycles. The number of aromatic nitrogens is 3. The van der Waals surface area contributed by atoms with Crippen LogP contribution >= 0.6 is 0 Å². The van der Waals surface area contributed by atoms with E-state index >= 15 is 0 Å². The van der Waals surface area contributed by atoms with Crippen LogP contribution in [0.1, 0.15) is 28.7 Å². The van der Waals surface area contributed by atoms with Gasteiger partial charge in [-0.3, -0.25) is 19.6 Å². The summed E-state index contributed by atoms with van der Waals surface area (Å²) < 4.78 is 53.2. The maximum Gasteiger partial charge on any atom is 0.433 e. The fraction of sp³-hybridized carbons (Fsp3) is 0.292. The molecule has 1 aliphatic heterocycles. The van der Waals surface area contributed by atoms with E-state index in [1.54, 1.807) is 23.2 Å². The van der Waals surface area contributed by atoms with Crippen LogP contribution in [0.15, 0.2) is 48.9 Å². The number of hydrogen-bond donors (Lipinski definition) is 1. The van der Waals surface area contributed by atoms with E-state index in [1.165, 1.54) is 19.2 Å². The van der Waals surface area contributed by atoms with Crippen molar-refractivity contribution >= 4 is 17.5 Å². The molecule has 0 unspecified atom stereocenters. The second kappa shape index (κ2) is 10.3. The Bertz CT molecular complexity index is 1260. The summed E-state index contributed by atoms with van der Waals surface area (Å²) in [6.07, 6.45) is -0.854. The number of carbonyl (C=O) groups excluding carboxylic acids is 2. The molecule has 8 nitrogen and oxygen atoms in total. The average molecular weight is 502 g/mol. The summed E-state index contributed by atoms with van der Waals surface area (Å²) in [6, 6.07) is 6.41. The zero-order valence-corrected chi connectivity index (χ0v) is 19.2. The second-order valence-electron chi connectivity index (χ2n) is 8.18. The van der Waals surface area contributed by atoms with Crippen LogP contribution in [0.25, 0.3) is 11.3 Å². The first-order valence-corrected chi connectivity index (χ1v) is 11.0. The van der Waals surface area contributed by atoms with Crippen LogP contribution in [-0.4, -0.2) is 57.8 Å². The van der Waals surface area contributed by atoms with E-state index in [-0.39, 0.29) is 29.4 Å². The first kappa shape index (κ1) is 25.0. The minimum absolute atomic E-state index is 0.0393. The van der Waals surface area contributed by atoms with Crippen molar-refractivity contribution < 1.29 is 27.2 Å². The summed E-state index contributed by atoms with van der Waals surface area (Å²) >= 11 is 0. The number of nitrogens with one attached hydrogen (secondary N) is 1. The maximum absolute atomic E-state index is 14.6. The van der Waals surface area contributed by atoms with Gasteiger partial charge in [0.05, 0.1) is 11.9 Å². The van der Waals surface area contributed by atoms with Gasteiger partial charge in [-0.1, -0.05) is 0 Å². The molecule has 4 rings (SSSR count). The molecule has 0 saturated carbocycles. The van der Waals surface area contributed by atoms with Crippen molar-refractivity contribution in [1.29, 1.82) is 0 Å². The lowest BCUT2D eigenvalue weighted by Gasteiger charge is -2.35. The molecule has 188 valence electrons. The first-order chi connectivity index (χ1) is 17.1. The van der Waals surface area contributed by atoms with Crippen molar-refractivity contribution in [1.82, 2.24) is 25.2 Å². The third kappa shape index (κ3) is 5.75. The van der Waals surface area contributed by atoms with Crippen molar-refractivity contribution in [2.75, 3.05) is 31.1 Å². The van der Waals surface area contributed by atoms with Gasteiger partial charge in [0, 0.05) is 57.6 Å². The van der Waals surface area contributed by atoms with Gasteiger partial charge in [0.15, 0.2) is 0 Å². The molecule has 3 aromatic heterocycles. The number of piperazine rings is 1. The largest absolute Gasteiger partial charge is 0.433 e. The quantitative estimate of drug-likeness (QED) is 0.539. The third-order valence-electron chi connectivity index (χ3n) is 5.75. The lowest BCUT2D eigenvalue weighted by atomic mass is 10.1. The molecule has 3 aromatic rings. The molecule has 1 N–H and O–H groups in total. The molecule has 2 amide bonds. The van der Waals surface area contributed by atoms with Crippen LogP contribution in [0, 0.1) is 5.82 Å². The zero-order chi connectivity index (χ0) is 25.9. The van der Waals surface area contributed by atoms with E-state index in [0.717, 1.165) is 24.0 Å². The van der Waals surface area contributed by atoms with E-state index in [4.69, 9.17) is 0 Å². The van der Waals surface area contributed by atoms with Crippen LogP contribution in [-0.2, 0) is 17.5 Å². The number of carbonyl (C=O) groups is 2. The Kier molecular flexibility index (Phi) is 7.13. The van der Waals surface area contributed by atoms with E-state index in [0.29, 0.717) is 31.7 Å². The summed E-state index contributed by atoms with van der Waals surface area (Å²) in [5.74, 6) is -1.26. The molecule has 12 heteroatoms. The molecule has 1 fully saturated rings. The van der Waals surface area contributed by atoms with Crippen LogP contribution < -0.4 is 10.2 Å². The van der Waals surface area contributed by atoms with Crippen molar-refractivity contribution in [3.8, 4) is 11.3 Å². The summed E-state index contributed by atoms with van der Waals surface area (Å²) in [5, 5.41) is 2.62. The number of rotatable bonds is 5. The summed E-state index contributed by atoms with van der Waals surface area (Å²) in [5.41, 5.74) is -0.120. The number of nitrogens with zero attached hydrogens (tertiary/aromatic N) is 5. The van der Waals surface area contributed by atoms with Crippen molar-refractivity contribution in [2.24, 2.45) is 0 Å². The fourth-order valence-corrected chi connectivity index (χ4v) is 3.78. The maximum atomic E-state index is 14.6. The molecular weight excluding hydrogens is 480 g/mol. The van der Waals surface area contributed by atoms with Gasteiger partial charge < -0.3 is 15.1 Å². The molecule has 1 saturated heterocycles. The Morgan fingerprint density at radius 3 is 2.36 bits per heavy atom. The van der Waals surface area contributed by atoms with Crippen molar-refractivity contribution in [3.63, 3.8) is 0 Å². The van der Waals surface area contributed by atoms with E-state index in [9.17, 15) is 27.2 Å². The number of alkyl halides is 3. The monoisotopic (exact) mass is 502 g/mol. The number of anilines is 1. The number of pyridine rings is 3. The minimum Gasteiger partial charge on any atom is -0.367 e. The van der Waals surface area contributed by atoms with Gasteiger partial charge in [0.1, 0.15) is 22.9 Å². The highest BCUT2D eigenvalue weighted by Crippen LogP contribution is 2.30. The molecule has 1 aliphatic rings. The smallest absolute Gasteiger partial charge is 0.367 e. The van der Waals surface area contributed by atoms with Gasteiger partial charge in [-0.05, 0) is 35.9 Å². The van der Waals surface area contributed by atoms with E-state index in [2.05, 4.69) is 25.2 Å². The van der Waals surface area contributed by atoms with Gasteiger partial charge in [0.25, 0.3) is 5.91 Å². The standard InChI is InChI=1S/C24H22F4N6O2/c1-15(35)33-6-8-34(9-7-33)18-2-3-20(30-14-18)23(36)32-13-16-10-19(25)22(31-12-16)17-4-5-29-21(11-17)24(26,27)28/h2-5,10-12,14H,6-9,13H2,1H3,(H,32,36). The van der Waals surface area contributed by atoms with Crippen LogP contribution in [0.3, 0.4) is 0 Å². The van der Waals surface area contributed by atoms with Crippen molar-refractivity contribution in [2.45, 2.75) is 19.6 Å². The number of halogens is 4. The molecule has 0 atom stereocenters. The topological polar surface area (TPSA) is 91.3 Å². The van der Waals surface area contributed by atoms with Gasteiger partial charge in [-0.25, -0.2) is 9.37 Å². The fourth-order valence-electron chi connectivity index (χ4n) is 3.78. The summed E-state index contributed by atoms with van der Waals surface area (Å²) in [4.78, 5) is 39.2. The normalized spacial score (nSPS) is 14.0. The Labute approximate surface area is 204 Å². The van der Waals surface area contributed by atoms with Crippen LogP contribution in [0.2, 0.25) is 0 Å². The molecular formula is C24H22F4N6O2. The molecule has 0 radical (unpaired) electrons. The molecule has 4 heterocycles. The zero-order valence-electron chi connectivity index (χ0n) is 19.2. The van der Waals surface area contributed by atoms with Gasteiger partial charge in [0.2, 0.25) is 5.91 Å². The van der Waals surface area contributed by atoms with Gasteiger partial charge >= 0.3 is 6.18 Å². The predicted molar refractivity (Wildman–Crippen MR) is 122 cm³/mol. The molecule has 0 aliphatic carbocycles. The molecule has 36 heavy (non-hydrogen) atoms. The summed E-state index contributed by atoms with van der Waals surface area (Å²) in [6.45, 7) is 4.05. The number of hydrogen-bond acceptors (Lipinski definition) is 6. The first-order valence-electron chi connectivity index (χ1n) is 11.0. The summed E-state index contributed by atoms with van der Waals surface area (Å²) in [7, 11) is 0. The van der Waals surface area contributed by atoms with E-state index in [1.807, 2.05) is 0 Å². The highest BCUT2D eigenvalue weighted by molar-refractivity contribution is 5.92. The predicted octanol–water partition coefficient (Wildman–Crippen LogP) is 3.30. The Morgan fingerprint density at radius 2 is 1.75 bits per heavy atom. The van der Waals surface area contributed by atoms with Gasteiger partial charge in [-0.2, -0.15) is 13.2 Å². The SMILES string of the molecule is CC(=O)N1CCN(c2ccc(C(=O)NCc3cnc(-c4ccnc(C(F)(F)F)c4)c(F)c3)nc2)CC1. The highest BCUT2D eigenvalue weighted by Gasteiger charge is 2.32. The van der Waals surface area contributed by atoms with E-state index < -0.39 is 23.6 Å². The van der Waals surface area contributed by atoms with Crippen LogP contribution in [0.5, 0.6) is 0 Å². The molecule has 0 bridgehead atoms.